The molecule has 1 aliphatic heterocycles. The summed E-state index contributed by atoms with van der Waals surface area (Å²) < 4.78 is 6.46. The molecule has 2 heterocycles. The SMILES string of the molecule is COc1ccc2sc(N3CCSCC3)nc2c1. The van der Waals surface area contributed by atoms with E-state index in [1.54, 1.807) is 18.4 Å². The Balaban J connectivity index is 1.95. The first-order chi connectivity index (χ1) is 8.36. The Bertz CT molecular complexity index is 520. The third-order valence-corrected chi connectivity index (χ3v) is 4.90. The van der Waals surface area contributed by atoms with Crippen LogP contribution in [-0.2, 0) is 0 Å². The molecule has 0 unspecified atom stereocenters. The summed E-state index contributed by atoms with van der Waals surface area (Å²) in [5.41, 5.74) is 1.04. The van der Waals surface area contributed by atoms with Crippen LogP contribution in [0, 0.1) is 0 Å². The van der Waals surface area contributed by atoms with Gasteiger partial charge in [0.2, 0.25) is 0 Å². The van der Waals surface area contributed by atoms with Gasteiger partial charge in [0.1, 0.15) is 5.75 Å². The van der Waals surface area contributed by atoms with Crippen LogP contribution in [-0.4, -0.2) is 36.7 Å². The van der Waals surface area contributed by atoms with Crippen LogP contribution in [0.5, 0.6) is 5.75 Å². The van der Waals surface area contributed by atoms with Gasteiger partial charge in [-0.05, 0) is 12.1 Å². The lowest BCUT2D eigenvalue weighted by atomic mass is 10.3. The second-order valence-electron chi connectivity index (χ2n) is 3.93. The Morgan fingerprint density at radius 2 is 2.12 bits per heavy atom. The predicted molar refractivity (Wildman–Crippen MR) is 75.7 cm³/mol. The molecule has 0 radical (unpaired) electrons. The second-order valence-corrected chi connectivity index (χ2v) is 6.16. The highest BCUT2D eigenvalue weighted by molar-refractivity contribution is 7.99. The summed E-state index contributed by atoms with van der Waals surface area (Å²) in [7, 11) is 1.69. The summed E-state index contributed by atoms with van der Waals surface area (Å²) >= 11 is 3.79. The number of hydrogen-bond donors (Lipinski definition) is 0. The van der Waals surface area contributed by atoms with E-state index in [0.29, 0.717) is 0 Å². The maximum Gasteiger partial charge on any atom is 0.186 e. The zero-order valence-electron chi connectivity index (χ0n) is 9.68. The second kappa shape index (κ2) is 4.74. The van der Waals surface area contributed by atoms with E-state index in [1.165, 1.54) is 16.2 Å². The molecule has 3 nitrogen and oxygen atoms in total. The van der Waals surface area contributed by atoms with Crippen molar-refractivity contribution < 1.29 is 4.74 Å². The van der Waals surface area contributed by atoms with Crippen molar-refractivity contribution >= 4 is 38.4 Å². The molecule has 0 atom stereocenters. The van der Waals surface area contributed by atoms with E-state index >= 15 is 0 Å². The smallest absolute Gasteiger partial charge is 0.186 e. The minimum Gasteiger partial charge on any atom is -0.497 e. The maximum atomic E-state index is 5.22. The summed E-state index contributed by atoms with van der Waals surface area (Å²) in [4.78, 5) is 7.08. The Labute approximate surface area is 109 Å². The van der Waals surface area contributed by atoms with Crippen molar-refractivity contribution in [2.24, 2.45) is 0 Å². The number of nitrogens with zero attached hydrogens (tertiary/aromatic N) is 2. The van der Waals surface area contributed by atoms with Gasteiger partial charge < -0.3 is 9.64 Å². The van der Waals surface area contributed by atoms with Gasteiger partial charge in [-0.15, -0.1) is 0 Å². The van der Waals surface area contributed by atoms with Crippen molar-refractivity contribution in [2.75, 3.05) is 36.6 Å². The lowest BCUT2D eigenvalue weighted by Gasteiger charge is -2.25. The number of methoxy groups -OCH3 is 1. The lowest BCUT2D eigenvalue weighted by molar-refractivity contribution is 0.415. The van der Waals surface area contributed by atoms with Gasteiger partial charge in [0, 0.05) is 30.7 Å². The van der Waals surface area contributed by atoms with Crippen molar-refractivity contribution in [3.63, 3.8) is 0 Å². The number of anilines is 1. The molecule has 1 saturated heterocycles. The van der Waals surface area contributed by atoms with E-state index in [1.807, 2.05) is 23.9 Å². The highest BCUT2D eigenvalue weighted by Crippen LogP contribution is 2.32. The highest BCUT2D eigenvalue weighted by Gasteiger charge is 2.15. The Kier molecular flexibility index (Phi) is 3.11. The Morgan fingerprint density at radius 1 is 1.29 bits per heavy atom. The molecular formula is C12H14N2OS2. The molecule has 0 N–H and O–H groups in total. The number of thioether (sulfide) groups is 1. The molecule has 90 valence electrons. The van der Waals surface area contributed by atoms with Crippen LogP contribution in [0.25, 0.3) is 10.2 Å². The molecule has 0 aliphatic carbocycles. The number of aromatic nitrogens is 1. The highest BCUT2D eigenvalue weighted by atomic mass is 32.2. The first-order valence-corrected chi connectivity index (χ1v) is 7.61. The summed E-state index contributed by atoms with van der Waals surface area (Å²) in [6, 6.07) is 6.10. The van der Waals surface area contributed by atoms with Gasteiger partial charge in [-0.25, -0.2) is 4.98 Å². The van der Waals surface area contributed by atoms with E-state index in [9.17, 15) is 0 Å². The quantitative estimate of drug-likeness (QED) is 0.834. The number of thiazole rings is 1. The number of benzene rings is 1. The monoisotopic (exact) mass is 266 g/mol. The molecule has 1 aliphatic rings. The van der Waals surface area contributed by atoms with E-state index in [-0.39, 0.29) is 0 Å². The lowest BCUT2D eigenvalue weighted by Crippen LogP contribution is -2.32. The minimum absolute atomic E-state index is 0.878. The van der Waals surface area contributed by atoms with Gasteiger partial charge in [0.15, 0.2) is 5.13 Å². The van der Waals surface area contributed by atoms with E-state index in [0.717, 1.165) is 29.5 Å². The third-order valence-electron chi connectivity index (χ3n) is 2.87. The summed E-state index contributed by atoms with van der Waals surface area (Å²) in [6.07, 6.45) is 0. The largest absolute Gasteiger partial charge is 0.497 e. The molecule has 0 spiro atoms. The fraction of sp³-hybridized carbons (Fsp3) is 0.417. The third kappa shape index (κ3) is 2.21. The van der Waals surface area contributed by atoms with Crippen LogP contribution >= 0.6 is 23.1 Å². The average molecular weight is 266 g/mol. The molecule has 5 heteroatoms. The molecule has 0 saturated carbocycles. The fourth-order valence-electron chi connectivity index (χ4n) is 1.91. The van der Waals surface area contributed by atoms with Gasteiger partial charge in [0.25, 0.3) is 0 Å². The van der Waals surface area contributed by atoms with Crippen LogP contribution in [0.4, 0.5) is 5.13 Å². The molecule has 17 heavy (non-hydrogen) atoms. The van der Waals surface area contributed by atoms with Gasteiger partial charge >= 0.3 is 0 Å². The van der Waals surface area contributed by atoms with Crippen LogP contribution < -0.4 is 9.64 Å². The molecule has 1 aromatic heterocycles. The molecule has 1 fully saturated rings. The number of ether oxygens (including phenoxy) is 1. The molecular weight excluding hydrogens is 252 g/mol. The average Bonchev–Trinajstić information content (AvgIpc) is 2.82. The van der Waals surface area contributed by atoms with Crippen LogP contribution in [0.2, 0.25) is 0 Å². The maximum absolute atomic E-state index is 5.22. The van der Waals surface area contributed by atoms with Crippen molar-refractivity contribution in [2.45, 2.75) is 0 Å². The number of rotatable bonds is 2. The molecule has 2 aromatic rings. The summed E-state index contributed by atoms with van der Waals surface area (Å²) in [5.74, 6) is 3.29. The standard InChI is InChI=1S/C12H14N2OS2/c1-15-9-2-3-11-10(8-9)13-12(17-11)14-4-6-16-7-5-14/h2-3,8H,4-7H2,1H3. The van der Waals surface area contributed by atoms with Crippen LogP contribution in [0.15, 0.2) is 18.2 Å². The first-order valence-electron chi connectivity index (χ1n) is 5.64. The van der Waals surface area contributed by atoms with Crippen LogP contribution in [0.3, 0.4) is 0 Å². The Morgan fingerprint density at radius 3 is 2.88 bits per heavy atom. The van der Waals surface area contributed by atoms with Gasteiger partial charge in [-0.3, -0.25) is 0 Å². The molecule has 0 amide bonds. The summed E-state index contributed by atoms with van der Waals surface area (Å²) in [5, 5.41) is 1.15. The number of fused-ring (bicyclic) bond motifs is 1. The molecule has 0 bridgehead atoms. The van der Waals surface area contributed by atoms with Gasteiger partial charge in [0.05, 0.1) is 17.3 Å². The minimum atomic E-state index is 0.878. The zero-order chi connectivity index (χ0) is 11.7. The fourth-order valence-corrected chi connectivity index (χ4v) is 3.81. The van der Waals surface area contributed by atoms with E-state index < -0.39 is 0 Å². The number of hydrogen-bond acceptors (Lipinski definition) is 5. The predicted octanol–water partition coefficient (Wildman–Crippen LogP) is 2.86. The van der Waals surface area contributed by atoms with E-state index in [2.05, 4.69) is 11.0 Å². The first kappa shape index (κ1) is 11.2. The topological polar surface area (TPSA) is 25.4 Å². The summed E-state index contributed by atoms with van der Waals surface area (Å²) in [6.45, 7) is 2.23. The Hall–Kier alpha value is -0.940. The van der Waals surface area contributed by atoms with Crippen molar-refractivity contribution in [1.29, 1.82) is 0 Å². The van der Waals surface area contributed by atoms with Crippen molar-refractivity contribution in [3.05, 3.63) is 18.2 Å². The van der Waals surface area contributed by atoms with Crippen molar-refractivity contribution in [1.82, 2.24) is 4.98 Å². The van der Waals surface area contributed by atoms with Crippen molar-refractivity contribution in [3.8, 4) is 5.75 Å². The molecule has 3 rings (SSSR count). The zero-order valence-corrected chi connectivity index (χ0v) is 11.3. The van der Waals surface area contributed by atoms with E-state index in [4.69, 9.17) is 9.72 Å². The van der Waals surface area contributed by atoms with Crippen LogP contribution in [0.1, 0.15) is 0 Å². The molecule has 1 aromatic carbocycles. The van der Waals surface area contributed by atoms with Gasteiger partial charge in [-0.2, -0.15) is 11.8 Å². The normalized spacial score (nSPS) is 16.4. The van der Waals surface area contributed by atoms with Gasteiger partial charge in [-0.1, -0.05) is 11.3 Å².